The fourth-order valence-corrected chi connectivity index (χ4v) is 1.67. The van der Waals surface area contributed by atoms with E-state index >= 15 is 0 Å². The highest BCUT2D eigenvalue weighted by Gasteiger charge is 2.10. The highest BCUT2D eigenvalue weighted by molar-refractivity contribution is 5.37. The molecule has 0 atom stereocenters. The Morgan fingerprint density at radius 2 is 2.00 bits per heavy atom. The zero-order chi connectivity index (χ0) is 13.8. The van der Waals surface area contributed by atoms with Gasteiger partial charge in [-0.25, -0.2) is 13.8 Å². The molecule has 2 aromatic rings. The van der Waals surface area contributed by atoms with Crippen LogP contribution in [0.4, 0.5) is 8.78 Å². The van der Waals surface area contributed by atoms with E-state index in [0.717, 1.165) is 11.8 Å². The van der Waals surface area contributed by atoms with E-state index in [9.17, 15) is 8.78 Å². The molecule has 0 saturated heterocycles. The molecule has 0 radical (unpaired) electrons. The van der Waals surface area contributed by atoms with Crippen molar-refractivity contribution in [2.75, 3.05) is 7.05 Å². The number of rotatable bonds is 4. The van der Waals surface area contributed by atoms with Crippen molar-refractivity contribution in [1.82, 2.24) is 10.3 Å². The van der Waals surface area contributed by atoms with Crippen LogP contribution in [0.25, 0.3) is 0 Å². The van der Waals surface area contributed by atoms with Gasteiger partial charge in [-0.3, -0.25) is 0 Å². The van der Waals surface area contributed by atoms with Gasteiger partial charge in [-0.05, 0) is 31.7 Å². The van der Waals surface area contributed by atoms with Gasteiger partial charge < -0.3 is 10.1 Å². The zero-order valence-electron chi connectivity index (χ0n) is 10.7. The summed E-state index contributed by atoms with van der Waals surface area (Å²) in [6, 6.07) is 5.59. The van der Waals surface area contributed by atoms with Crippen LogP contribution < -0.4 is 10.1 Å². The van der Waals surface area contributed by atoms with Crippen molar-refractivity contribution < 1.29 is 13.5 Å². The molecule has 0 bridgehead atoms. The number of hydrogen-bond acceptors (Lipinski definition) is 3. The Balaban J connectivity index is 2.34. The average Bonchev–Trinajstić information content (AvgIpc) is 2.37. The minimum atomic E-state index is -0.437. The summed E-state index contributed by atoms with van der Waals surface area (Å²) >= 11 is 0. The molecule has 1 aromatic heterocycles. The number of halogens is 2. The number of nitrogens with zero attached hydrogens (tertiary/aromatic N) is 1. The highest BCUT2D eigenvalue weighted by Crippen LogP contribution is 2.27. The lowest BCUT2D eigenvalue weighted by atomic mass is 10.2. The van der Waals surface area contributed by atoms with Crippen LogP contribution in [0.3, 0.4) is 0 Å². The molecule has 0 spiro atoms. The smallest absolute Gasteiger partial charge is 0.223 e. The summed E-state index contributed by atoms with van der Waals surface area (Å²) in [5, 5.41) is 2.90. The van der Waals surface area contributed by atoms with Crippen LogP contribution in [0.1, 0.15) is 11.1 Å². The fraction of sp³-hybridized carbons (Fsp3) is 0.214. The van der Waals surface area contributed by atoms with E-state index < -0.39 is 11.6 Å². The van der Waals surface area contributed by atoms with Gasteiger partial charge in [-0.1, -0.05) is 6.07 Å². The molecular formula is C14H14F2N2O. The predicted octanol–water partition coefficient (Wildman–Crippen LogP) is 3.18. The summed E-state index contributed by atoms with van der Waals surface area (Å²) in [5.74, 6) is -0.188. The normalized spacial score (nSPS) is 10.5. The molecule has 0 aliphatic rings. The van der Waals surface area contributed by atoms with Crippen molar-refractivity contribution in [2.45, 2.75) is 13.5 Å². The first kappa shape index (κ1) is 13.4. The van der Waals surface area contributed by atoms with Crippen molar-refractivity contribution >= 4 is 0 Å². The summed E-state index contributed by atoms with van der Waals surface area (Å²) in [6.45, 7) is 2.21. The average molecular weight is 264 g/mol. The maximum atomic E-state index is 13.2. The van der Waals surface area contributed by atoms with Crippen LogP contribution in [-0.4, -0.2) is 12.0 Å². The molecule has 0 aliphatic heterocycles. The third-order valence-corrected chi connectivity index (χ3v) is 2.62. The third-order valence-electron chi connectivity index (χ3n) is 2.62. The van der Waals surface area contributed by atoms with Gasteiger partial charge in [-0.15, -0.1) is 0 Å². The molecule has 1 N–H and O–H groups in total. The molecule has 0 amide bonds. The Morgan fingerprint density at radius 1 is 1.21 bits per heavy atom. The molecule has 0 fully saturated rings. The minimum absolute atomic E-state index is 0.268. The molecular weight excluding hydrogens is 250 g/mol. The van der Waals surface area contributed by atoms with Gasteiger partial charge >= 0.3 is 0 Å². The van der Waals surface area contributed by atoms with E-state index in [1.54, 1.807) is 20.0 Å². The Labute approximate surface area is 110 Å². The molecule has 1 heterocycles. The lowest BCUT2D eigenvalue weighted by Gasteiger charge is -2.11. The van der Waals surface area contributed by atoms with E-state index in [4.69, 9.17) is 4.74 Å². The van der Waals surface area contributed by atoms with Crippen molar-refractivity contribution in [3.05, 3.63) is 53.2 Å². The van der Waals surface area contributed by atoms with Crippen molar-refractivity contribution in [3.63, 3.8) is 0 Å². The Bertz CT molecular complexity index is 588. The molecule has 19 heavy (non-hydrogen) atoms. The summed E-state index contributed by atoms with van der Waals surface area (Å²) < 4.78 is 31.9. The predicted molar refractivity (Wildman–Crippen MR) is 68.2 cm³/mol. The number of hydrogen-bond donors (Lipinski definition) is 1. The van der Waals surface area contributed by atoms with Gasteiger partial charge in [0.2, 0.25) is 5.88 Å². The van der Waals surface area contributed by atoms with Gasteiger partial charge in [-0.2, -0.15) is 0 Å². The molecule has 0 aliphatic carbocycles. The van der Waals surface area contributed by atoms with E-state index in [-0.39, 0.29) is 5.88 Å². The maximum absolute atomic E-state index is 13.2. The van der Waals surface area contributed by atoms with E-state index in [1.165, 1.54) is 18.2 Å². The number of aryl methyl sites for hydroxylation is 1. The van der Waals surface area contributed by atoms with Gasteiger partial charge in [0.1, 0.15) is 17.4 Å². The molecule has 5 heteroatoms. The summed E-state index contributed by atoms with van der Waals surface area (Å²) in [4.78, 5) is 3.90. The van der Waals surface area contributed by atoms with Crippen molar-refractivity contribution in [1.29, 1.82) is 0 Å². The standard InChI is InChI=1S/C14H14F2N2O/c1-9-3-4-11(15)6-13(9)19-14-10(7-17-2)5-12(16)8-18-14/h3-6,8,17H,7H2,1-2H3. The molecule has 1 aromatic carbocycles. The molecule has 3 nitrogen and oxygen atoms in total. The zero-order valence-corrected chi connectivity index (χ0v) is 10.7. The van der Waals surface area contributed by atoms with Gasteiger partial charge in [0.15, 0.2) is 0 Å². The van der Waals surface area contributed by atoms with Crippen LogP contribution in [-0.2, 0) is 6.54 Å². The highest BCUT2D eigenvalue weighted by atomic mass is 19.1. The summed E-state index contributed by atoms with van der Waals surface area (Å²) in [7, 11) is 1.74. The van der Waals surface area contributed by atoms with Crippen molar-refractivity contribution in [3.8, 4) is 11.6 Å². The Hall–Kier alpha value is -2.01. The first-order chi connectivity index (χ1) is 9.10. The second-order valence-corrected chi connectivity index (χ2v) is 4.16. The molecule has 0 saturated carbocycles. The number of pyridine rings is 1. The van der Waals surface area contributed by atoms with E-state index in [2.05, 4.69) is 10.3 Å². The number of nitrogens with one attached hydrogen (secondary N) is 1. The molecule has 100 valence electrons. The Morgan fingerprint density at radius 3 is 2.74 bits per heavy atom. The number of benzene rings is 1. The lowest BCUT2D eigenvalue weighted by molar-refractivity contribution is 0.442. The molecule has 2 rings (SSSR count). The number of ether oxygens (including phenoxy) is 1. The van der Waals surface area contributed by atoms with Crippen LogP contribution in [0.15, 0.2) is 30.5 Å². The number of aromatic nitrogens is 1. The van der Waals surface area contributed by atoms with Crippen LogP contribution in [0.2, 0.25) is 0 Å². The second kappa shape index (κ2) is 5.75. The summed E-state index contributed by atoms with van der Waals surface area (Å²) in [5.41, 5.74) is 1.36. The van der Waals surface area contributed by atoms with Crippen LogP contribution >= 0.6 is 0 Å². The van der Waals surface area contributed by atoms with E-state index in [0.29, 0.717) is 17.9 Å². The fourth-order valence-electron chi connectivity index (χ4n) is 1.67. The molecule has 0 unspecified atom stereocenters. The van der Waals surface area contributed by atoms with Crippen LogP contribution in [0, 0.1) is 18.6 Å². The van der Waals surface area contributed by atoms with Gasteiger partial charge in [0.05, 0.1) is 6.20 Å². The topological polar surface area (TPSA) is 34.2 Å². The van der Waals surface area contributed by atoms with Crippen molar-refractivity contribution in [2.24, 2.45) is 0 Å². The van der Waals surface area contributed by atoms with Crippen LogP contribution in [0.5, 0.6) is 11.6 Å². The van der Waals surface area contributed by atoms with Gasteiger partial charge in [0, 0.05) is 18.2 Å². The Kier molecular flexibility index (Phi) is 4.06. The third kappa shape index (κ3) is 3.26. The SMILES string of the molecule is CNCc1cc(F)cnc1Oc1cc(F)ccc1C. The summed E-state index contributed by atoms with van der Waals surface area (Å²) in [6.07, 6.45) is 1.07. The van der Waals surface area contributed by atoms with Gasteiger partial charge in [0.25, 0.3) is 0 Å². The lowest BCUT2D eigenvalue weighted by Crippen LogP contribution is -2.08. The minimum Gasteiger partial charge on any atom is -0.438 e. The van der Waals surface area contributed by atoms with E-state index in [1.807, 2.05) is 0 Å². The quantitative estimate of drug-likeness (QED) is 0.921. The second-order valence-electron chi connectivity index (χ2n) is 4.16. The largest absolute Gasteiger partial charge is 0.438 e. The first-order valence-corrected chi connectivity index (χ1v) is 5.83. The maximum Gasteiger partial charge on any atom is 0.223 e. The monoisotopic (exact) mass is 264 g/mol. The first-order valence-electron chi connectivity index (χ1n) is 5.83.